The van der Waals surface area contributed by atoms with Crippen LogP contribution in [0, 0.1) is 18.3 Å². The van der Waals surface area contributed by atoms with Crippen molar-refractivity contribution in [3.63, 3.8) is 0 Å². The molecular weight excluding hydrogens is 272 g/mol. The van der Waals surface area contributed by atoms with E-state index in [0.29, 0.717) is 5.69 Å². The summed E-state index contributed by atoms with van der Waals surface area (Å²) in [6.07, 6.45) is 6.50. The van der Waals surface area contributed by atoms with Gasteiger partial charge in [0.05, 0.1) is 5.69 Å². The summed E-state index contributed by atoms with van der Waals surface area (Å²) in [5.41, 5.74) is 4.00. The van der Waals surface area contributed by atoms with Gasteiger partial charge in [-0.05, 0) is 31.7 Å². The average Bonchev–Trinajstić information content (AvgIpc) is 2.93. The Morgan fingerprint density at radius 2 is 1.86 bits per heavy atom. The fourth-order valence-electron chi connectivity index (χ4n) is 2.55. The van der Waals surface area contributed by atoms with Gasteiger partial charge in [-0.25, -0.2) is 4.68 Å². The van der Waals surface area contributed by atoms with Crippen LogP contribution in [0.4, 0.5) is 0 Å². The molecule has 0 aliphatic carbocycles. The van der Waals surface area contributed by atoms with E-state index in [-0.39, 0.29) is 0 Å². The van der Waals surface area contributed by atoms with E-state index in [1.807, 2.05) is 4.68 Å². The minimum absolute atomic E-state index is 0.475. The number of nitriles is 1. The monoisotopic (exact) mass is 296 g/mol. The highest BCUT2D eigenvalue weighted by molar-refractivity contribution is 5.27. The van der Waals surface area contributed by atoms with Crippen LogP contribution in [0.5, 0.6) is 0 Å². The van der Waals surface area contributed by atoms with E-state index in [2.05, 4.69) is 54.5 Å². The maximum absolute atomic E-state index is 9.21. The van der Waals surface area contributed by atoms with E-state index in [4.69, 9.17) is 0 Å². The van der Waals surface area contributed by atoms with Crippen molar-refractivity contribution in [2.24, 2.45) is 0 Å². The predicted molar refractivity (Wildman–Crippen MR) is 87.5 cm³/mol. The van der Waals surface area contributed by atoms with Gasteiger partial charge in [0, 0.05) is 6.54 Å². The molecule has 1 aromatic heterocycles. The summed E-state index contributed by atoms with van der Waals surface area (Å²) >= 11 is 0. The number of unbranched alkanes of at least 4 members (excludes halogenated alkanes) is 3. The SMILES string of the molecule is CCCCCCn1nnc(C#N)c1CCc1ccc(C)cc1. The minimum atomic E-state index is 0.475. The van der Waals surface area contributed by atoms with Gasteiger partial charge in [-0.3, -0.25) is 0 Å². The molecule has 0 atom stereocenters. The number of hydrogen-bond acceptors (Lipinski definition) is 3. The molecule has 0 unspecified atom stereocenters. The highest BCUT2D eigenvalue weighted by Gasteiger charge is 2.12. The molecule has 4 heteroatoms. The topological polar surface area (TPSA) is 54.5 Å². The average molecular weight is 296 g/mol. The summed E-state index contributed by atoms with van der Waals surface area (Å²) in [5, 5.41) is 17.4. The molecule has 0 amide bonds. The van der Waals surface area contributed by atoms with Crippen LogP contribution in [-0.2, 0) is 19.4 Å². The van der Waals surface area contributed by atoms with E-state index in [9.17, 15) is 5.26 Å². The van der Waals surface area contributed by atoms with Gasteiger partial charge >= 0.3 is 0 Å². The van der Waals surface area contributed by atoms with Gasteiger partial charge < -0.3 is 0 Å². The molecule has 0 aliphatic rings. The van der Waals surface area contributed by atoms with Gasteiger partial charge in [0.2, 0.25) is 0 Å². The first-order chi connectivity index (χ1) is 10.7. The van der Waals surface area contributed by atoms with Crippen molar-refractivity contribution < 1.29 is 0 Å². The third kappa shape index (κ3) is 4.42. The maximum Gasteiger partial charge on any atom is 0.185 e. The van der Waals surface area contributed by atoms with Crippen LogP contribution in [0.15, 0.2) is 24.3 Å². The van der Waals surface area contributed by atoms with Crippen molar-refractivity contribution in [3.8, 4) is 6.07 Å². The van der Waals surface area contributed by atoms with Gasteiger partial charge in [0.1, 0.15) is 6.07 Å². The Morgan fingerprint density at radius 1 is 1.09 bits per heavy atom. The van der Waals surface area contributed by atoms with E-state index in [1.165, 1.54) is 30.4 Å². The Kier molecular flexibility index (Phi) is 6.14. The predicted octanol–water partition coefficient (Wildman–Crippen LogP) is 3.82. The number of aryl methyl sites for hydroxylation is 3. The molecule has 0 fully saturated rings. The molecule has 4 nitrogen and oxygen atoms in total. The first kappa shape index (κ1) is 16.2. The first-order valence-electron chi connectivity index (χ1n) is 8.12. The van der Waals surface area contributed by atoms with Crippen molar-refractivity contribution in [2.45, 2.75) is 58.9 Å². The molecule has 1 heterocycles. The first-order valence-corrected chi connectivity index (χ1v) is 8.12. The van der Waals surface area contributed by atoms with Crippen LogP contribution in [0.2, 0.25) is 0 Å². The highest BCUT2D eigenvalue weighted by Crippen LogP contribution is 2.12. The summed E-state index contributed by atoms with van der Waals surface area (Å²) in [7, 11) is 0. The highest BCUT2D eigenvalue weighted by atomic mass is 15.4. The molecule has 1 aromatic carbocycles. The molecule has 2 aromatic rings. The molecule has 0 saturated heterocycles. The molecule has 2 rings (SSSR count). The van der Waals surface area contributed by atoms with Crippen LogP contribution in [0.3, 0.4) is 0 Å². The molecule has 0 radical (unpaired) electrons. The van der Waals surface area contributed by atoms with Crippen molar-refractivity contribution in [1.29, 1.82) is 5.26 Å². The number of benzene rings is 1. The van der Waals surface area contributed by atoms with Crippen molar-refractivity contribution in [2.75, 3.05) is 0 Å². The summed E-state index contributed by atoms with van der Waals surface area (Å²) < 4.78 is 1.92. The van der Waals surface area contributed by atoms with E-state index in [1.54, 1.807) is 0 Å². The summed E-state index contributed by atoms with van der Waals surface area (Å²) in [5.74, 6) is 0. The van der Waals surface area contributed by atoms with E-state index >= 15 is 0 Å². The van der Waals surface area contributed by atoms with Gasteiger partial charge in [-0.15, -0.1) is 5.10 Å². The lowest BCUT2D eigenvalue weighted by Crippen LogP contribution is -2.07. The van der Waals surface area contributed by atoms with Gasteiger partial charge in [-0.2, -0.15) is 5.26 Å². The number of hydrogen-bond donors (Lipinski definition) is 0. The normalized spacial score (nSPS) is 10.6. The van der Waals surface area contributed by atoms with Gasteiger partial charge in [0.15, 0.2) is 5.69 Å². The maximum atomic E-state index is 9.21. The second-order valence-electron chi connectivity index (χ2n) is 5.77. The zero-order valence-corrected chi connectivity index (χ0v) is 13.5. The van der Waals surface area contributed by atoms with Gasteiger partial charge in [-0.1, -0.05) is 61.2 Å². The lowest BCUT2D eigenvalue weighted by Gasteiger charge is -2.07. The fourth-order valence-corrected chi connectivity index (χ4v) is 2.55. The fraction of sp³-hybridized carbons (Fsp3) is 0.500. The second kappa shape index (κ2) is 8.33. The van der Waals surface area contributed by atoms with Crippen LogP contribution < -0.4 is 0 Å². The standard InChI is InChI=1S/C18H24N4/c1-3-4-5-6-13-22-18(17(14-19)20-21-22)12-11-16-9-7-15(2)8-10-16/h7-10H,3-6,11-13H2,1-2H3. The van der Waals surface area contributed by atoms with Crippen LogP contribution in [0.25, 0.3) is 0 Å². The molecule has 0 saturated carbocycles. The molecule has 22 heavy (non-hydrogen) atoms. The van der Waals surface area contributed by atoms with E-state index < -0.39 is 0 Å². The van der Waals surface area contributed by atoms with Crippen LogP contribution in [-0.4, -0.2) is 15.0 Å². The summed E-state index contributed by atoms with van der Waals surface area (Å²) in [6, 6.07) is 10.7. The summed E-state index contributed by atoms with van der Waals surface area (Å²) in [6.45, 7) is 5.15. The molecule has 0 spiro atoms. The zero-order valence-electron chi connectivity index (χ0n) is 13.5. The molecule has 116 valence electrons. The number of aromatic nitrogens is 3. The molecule has 0 N–H and O–H groups in total. The Balaban J connectivity index is 2.00. The Hall–Kier alpha value is -2.15. The minimum Gasteiger partial charge on any atom is -0.248 e. The number of nitrogens with zero attached hydrogens (tertiary/aromatic N) is 4. The second-order valence-corrected chi connectivity index (χ2v) is 5.77. The third-order valence-corrected chi connectivity index (χ3v) is 3.94. The van der Waals surface area contributed by atoms with Crippen molar-refractivity contribution in [3.05, 3.63) is 46.8 Å². The zero-order chi connectivity index (χ0) is 15.8. The quantitative estimate of drug-likeness (QED) is 0.696. The smallest absolute Gasteiger partial charge is 0.185 e. The number of rotatable bonds is 8. The largest absolute Gasteiger partial charge is 0.248 e. The van der Waals surface area contributed by atoms with Crippen molar-refractivity contribution >= 4 is 0 Å². The summed E-state index contributed by atoms with van der Waals surface area (Å²) in [4.78, 5) is 0. The molecule has 0 bridgehead atoms. The Labute approximate surface area is 132 Å². The van der Waals surface area contributed by atoms with Crippen LogP contribution >= 0.6 is 0 Å². The Morgan fingerprint density at radius 3 is 2.55 bits per heavy atom. The molecular formula is C18H24N4. The molecule has 0 aliphatic heterocycles. The van der Waals surface area contributed by atoms with Gasteiger partial charge in [0.25, 0.3) is 0 Å². The lowest BCUT2D eigenvalue weighted by atomic mass is 10.1. The third-order valence-electron chi connectivity index (χ3n) is 3.94. The van der Waals surface area contributed by atoms with Crippen LogP contribution in [0.1, 0.15) is 55.1 Å². The van der Waals surface area contributed by atoms with Crippen molar-refractivity contribution in [1.82, 2.24) is 15.0 Å². The lowest BCUT2D eigenvalue weighted by molar-refractivity contribution is 0.511. The Bertz CT molecular complexity index is 620. The van der Waals surface area contributed by atoms with E-state index in [0.717, 1.165) is 31.5 Å².